The number of aromatic nitrogens is 1. The number of nitrogens with one attached hydrogen (secondary N) is 2. The molecule has 0 unspecified atom stereocenters. The zero-order valence-electron chi connectivity index (χ0n) is 10.1. The summed E-state index contributed by atoms with van der Waals surface area (Å²) in [6, 6.07) is 4.75. The molecule has 0 radical (unpaired) electrons. The monoisotopic (exact) mass is 278 g/mol. The second kappa shape index (κ2) is 4.79. The standard InChI is InChI=1S/C13H14N2O3S/c16-8-1-2-10-9(4-8)7(5-14-10)3-12-15-11(6-19-12)13(17)18/h1-2,4-5,11-12,14-16H,3,6H2,(H,17,18)/t11-,12-/m0/s1. The number of H-pyrrole nitrogens is 1. The molecule has 100 valence electrons. The average Bonchev–Trinajstić information content (AvgIpc) is 2.98. The molecular formula is C13H14N2O3S. The molecule has 1 fully saturated rings. The molecule has 2 aromatic rings. The Hall–Kier alpha value is -1.66. The van der Waals surface area contributed by atoms with Gasteiger partial charge in [0.2, 0.25) is 0 Å². The fourth-order valence-corrected chi connectivity index (χ4v) is 3.55. The van der Waals surface area contributed by atoms with E-state index in [0.717, 1.165) is 22.9 Å². The number of rotatable bonds is 3. The lowest BCUT2D eigenvalue weighted by molar-refractivity contribution is -0.138. The van der Waals surface area contributed by atoms with Crippen molar-refractivity contribution in [1.29, 1.82) is 0 Å². The number of phenols is 1. The second-order valence-electron chi connectivity index (χ2n) is 4.63. The van der Waals surface area contributed by atoms with Crippen LogP contribution >= 0.6 is 11.8 Å². The number of benzene rings is 1. The molecule has 0 aliphatic carbocycles. The van der Waals surface area contributed by atoms with Gasteiger partial charge in [-0.25, -0.2) is 0 Å². The zero-order valence-corrected chi connectivity index (χ0v) is 10.9. The quantitative estimate of drug-likeness (QED) is 0.684. The molecule has 0 spiro atoms. The molecule has 1 aromatic carbocycles. The molecule has 2 heterocycles. The molecule has 1 aliphatic heterocycles. The van der Waals surface area contributed by atoms with E-state index in [1.54, 1.807) is 23.9 Å². The third kappa shape index (κ3) is 2.41. The van der Waals surface area contributed by atoms with E-state index in [4.69, 9.17) is 5.11 Å². The molecule has 19 heavy (non-hydrogen) atoms. The number of aromatic hydroxyl groups is 1. The highest BCUT2D eigenvalue weighted by molar-refractivity contribution is 8.00. The van der Waals surface area contributed by atoms with Crippen LogP contribution in [-0.2, 0) is 11.2 Å². The molecule has 4 N–H and O–H groups in total. The van der Waals surface area contributed by atoms with Crippen molar-refractivity contribution in [3.8, 4) is 5.75 Å². The van der Waals surface area contributed by atoms with Gasteiger partial charge in [0.25, 0.3) is 0 Å². The Morgan fingerprint density at radius 1 is 1.47 bits per heavy atom. The molecule has 0 amide bonds. The van der Waals surface area contributed by atoms with E-state index in [1.165, 1.54) is 0 Å². The predicted molar refractivity (Wildman–Crippen MR) is 74.5 cm³/mol. The first-order valence-electron chi connectivity index (χ1n) is 6.03. The van der Waals surface area contributed by atoms with Crippen molar-refractivity contribution >= 4 is 28.6 Å². The minimum Gasteiger partial charge on any atom is -0.508 e. The predicted octanol–water partition coefficient (Wildman–Crippen LogP) is 1.53. The van der Waals surface area contributed by atoms with Crippen LogP contribution in [0.3, 0.4) is 0 Å². The summed E-state index contributed by atoms with van der Waals surface area (Å²) < 4.78 is 0. The number of carboxylic acids is 1. The van der Waals surface area contributed by atoms with Gasteiger partial charge in [-0.15, -0.1) is 11.8 Å². The SMILES string of the molecule is O=C(O)[C@@H]1CS[C@@H](Cc2c[nH]c3ccc(O)cc23)N1. The van der Waals surface area contributed by atoms with Crippen molar-refractivity contribution in [3.05, 3.63) is 30.0 Å². The topological polar surface area (TPSA) is 85.3 Å². The maximum Gasteiger partial charge on any atom is 0.321 e. The van der Waals surface area contributed by atoms with Gasteiger partial charge in [-0.2, -0.15) is 0 Å². The Kier molecular flexibility index (Phi) is 3.12. The number of aromatic amines is 1. The molecule has 1 saturated heterocycles. The first-order valence-corrected chi connectivity index (χ1v) is 7.08. The number of phenolic OH excluding ortho intramolecular Hbond substituents is 1. The number of thioether (sulfide) groups is 1. The Balaban J connectivity index is 1.79. The van der Waals surface area contributed by atoms with Crippen LogP contribution in [-0.4, -0.2) is 38.3 Å². The van der Waals surface area contributed by atoms with Crippen LogP contribution in [0.1, 0.15) is 5.56 Å². The van der Waals surface area contributed by atoms with Gasteiger partial charge < -0.3 is 15.2 Å². The van der Waals surface area contributed by atoms with Crippen LogP contribution < -0.4 is 5.32 Å². The fourth-order valence-electron chi connectivity index (χ4n) is 2.33. The van der Waals surface area contributed by atoms with Gasteiger partial charge in [-0.1, -0.05) is 0 Å². The molecule has 0 bridgehead atoms. The highest BCUT2D eigenvalue weighted by Crippen LogP contribution is 2.28. The van der Waals surface area contributed by atoms with E-state index in [2.05, 4.69) is 10.3 Å². The molecule has 3 rings (SSSR count). The molecule has 6 heteroatoms. The van der Waals surface area contributed by atoms with Gasteiger partial charge in [0, 0.05) is 22.9 Å². The number of hydrogen-bond acceptors (Lipinski definition) is 4. The lowest BCUT2D eigenvalue weighted by Crippen LogP contribution is -2.37. The van der Waals surface area contributed by atoms with Gasteiger partial charge in [0.05, 0.1) is 5.37 Å². The van der Waals surface area contributed by atoms with E-state index in [-0.39, 0.29) is 11.1 Å². The molecule has 1 aliphatic rings. The summed E-state index contributed by atoms with van der Waals surface area (Å²) in [5.41, 5.74) is 2.06. The van der Waals surface area contributed by atoms with Crippen molar-refractivity contribution < 1.29 is 15.0 Å². The van der Waals surface area contributed by atoms with Crippen LogP contribution in [0.2, 0.25) is 0 Å². The first-order chi connectivity index (χ1) is 9.13. The van der Waals surface area contributed by atoms with E-state index in [0.29, 0.717) is 5.75 Å². The van der Waals surface area contributed by atoms with Crippen molar-refractivity contribution in [1.82, 2.24) is 10.3 Å². The summed E-state index contributed by atoms with van der Waals surface area (Å²) in [6.07, 6.45) is 2.65. The van der Waals surface area contributed by atoms with Crippen LogP contribution in [0, 0.1) is 0 Å². The highest BCUT2D eigenvalue weighted by Gasteiger charge is 2.29. The molecule has 2 atom stereocenters. The summed E-state index contributed by atoms with van der Waals surface area (Å²) in [4.78, 5) is 14.1. The number of fused-ring (bicyclic) bond motifs is 1. The van der Waals surface area contributed by atoms with Crippen molar-refractivity contribution in [2.45, 2.75) is 17.8 Å². The number of carboxylic acid groups (broad SMARTS) is 1. The van der Waals surface area contributed by atoms with Crippen LogP contribution in [0.25, 0.3) is 10.9 Å². The lowest BCUT2D eigenvalue weighted by atomic mass is 10.1. The van der Waals surface area contributed by atoms with Crippen LogP contribution in [0.15, 0.2) is 24.4 Å². The molecular weight excluding hydrogens is 264 g/mol. The molecule has 1 aromatic heterocycles. The summed E-state index contributed by atoms with van der Waals surface area (Å²) in [6.45, 7) is 0. The minimum atomic E-state index is -0.799. The van der Waals surface area contributed by atoms with Gasteiger partial charge in [0.1, 0.15) is 11.8 Å². The summed E-state index contributed by atoms with van der Waals surface area (Å²) in [5, 5.41) is 22.7. The maximum atomic E-state index is 10.9. The van der Waals surface area contributed by atoms with Gasteiger partial charge in [0.15, 0.2) is 0 Å². The number of carbonyl (C=O) groups is 1. The Morgan fingerprint density at radius 3 is 3.05 bits per heavy atom. The van der Waals surface area contributed by atoms with Gasteiger partial charge >= 0.3 is 5.97 Å². The van der Waals surface area contributed by atoms with E-state index in [1.807, 2.05) is 12.3 Å². The third-order valence-electron chi connectivity index (χ3n) is 3.31. The first kappa shape index (κ1) is 12.4. The summed E-state index contributed by atoms with van der Waals surface area (Å²) in [7, 11) is 0. The van der Waals surface area contributed by atoms with Gasteiger partial charge in [-0.05, 0) is 30.2 Å². The smallest absolute Gasteiger partial charge is 0.321 e. The van der Waals surface area contributed by atoms with Crippen molar-refractivity contribution in [3.63, 3.8) is 0 Å². The molecule has 5 nitrogen and oxygen atoms in total. The maximum absolute atomic E-state index is 10.9. The van der Waals surface area contributed by atoms with E-state index in [9.17, 15) is 9.90 Å². The number of aliphatic carboxylic acids is 1. The molecule has 0 saturated carbocycles. The minimum absolute atomic E-state index is 0.0995. The zero-order chi connectivity index (χ0) is 13.4. The average molecular weight is 278 g/mol. The van der Waals surface area contributed by atoms with Crippen molar-refractivity contribution in [2.75, 3.05) is 5.75 Å². The van der Waals surface area contributed by atoms with E-state index < -0.39 is 12.0 Å². The second-order valence-corrected chi connectivity index (χ2v) is 5.86. The fraction of sp³-hybridized carbons (Fsp3) is 0.308. The van der Waals surface area contributed by atoms with Crippen LogP contribution in [0.5, 0.6) is 5.75 Å². The normalized spacial score (nSPS) is 22.9. The van der Waals surface area contributed by atoms with Crippen LogP contribution in [0.4, 0.5) is 0 Å². The Labute approximate surface area is 114 Å². The van der Waals surface area contributed by atoms with E-state index >= 15 is 0 Å². The summed E-state index contributed by atoms with van der Waals surface area (Å²) >= 11 is 1.62. The van der Waals surface area contributed by atoms with Crippen molar-refractivity contribution in [2.24, 2.45) is 0 Å². The van der Waals surface area contributed by atoms with Gasteiger partial charge in [-0.3, -0.25) is 10.1 Å². The lowest BCUT2D eigenvalue weighted by Gasteiger charge is -2.10. The Morgan fingerprint density at radius 2 is 2.32 bits per heavy atom. The summed E-state index contributed by atoms with van der Waals surface area (Å²) in [5.74, 6) is 0.0310. The highest BCUT2D eigenvalue weighted by atomic mass is 32.2. The largest absolute Gasteiger partial charge is 0.508 e. The number of hydrogen-bond donors (Lipinski definition) is 4. The Bertz CT molecular complexity index is 625. The third-order valence-corrected chi connectivity index (χ3v) is 4.54.